The molecule has 3 aromatic carbocycles. The summed E-state index contributed by atoms with van der Waals surface area (Å²) in [6, 6.07) is 19.2. The van der Waals surface area contributed by atoms with Crippen LogP contribution in [0.25, 0.3) is 33.2 Å². The molecule has 1 saturated heterocycles. The molecular formula is C28H22FN5O. The van der Waals surface area contributed by atoms with E-state index in [0.29, 0.717) is 11.1 Å². The summed E-state index contributed by atoms with van der Waals surface area (Å²) in [5.41, 5.74) is 10.8. The minimum Gasteiger partial charge on any atom is -0.506 e. The third-order valence-corrected chi connectivity index (χ3v) is 6.50. The van der Waals surface area contributed by atoms with Crippen molar-refractivity contribution >= 4 is 16.6 Å². The zero-order valence-electron chi connectivity index (χ0n) is 18.9. The average molecular weight is 464 g/mol. The molecule has 1 aliphatic heterocycles. The minimum atomic E-state index is -0.488. The molecule has 1 fully saturated rings. The number of hydrogen-bond acceptors (Lipinski definition) is 6. The number of phenols is 1. The zero-order chi connectivity index (χ0) is 24.5. The Kier molecular flexibility index (Phi) is 5.78. The Balaban J connectivity index is 1.77. The molecule has 0 spiro atoms. The van der Waals surface area contributed by atoms with Crippen molar-refractivity contribution in [1.29, 1.82) is 10.5 Å². The van der Waals surface area contributed by atoms with Crippen molar-refractivity contribution in [3.8, 4) is 40.1 Å². The summed E-state index contributed by atoms with van der Waals surface area (Å²) < 4.78 is 14.4. The molecule has 0 unspecified atom stereocenters. The Hall–Kier alpha value is -4.46. The van der Waals surface area contributed by atoms with E-state index >= 15 is 0 Å². The van der Waals surface area contributed by atoms with E-state index in [1.54, 1.807) is 30.5 Å². The van der Waals surface area contributed by atoms with Crippen LogP contribution in [0.2, 0.25) is 0 Å². The molecular weight excluding hydrogens is 441 g/mol. The van der Waals surface area contributed by atoms with Crippen LogP contribution in [-0.4, -0.2) is 29.2 Å². The Morgan fingerprint density at radius 3 is 2.51 bits per heavy atom. The molecule has 1 aromatic heterocycles. The van der Waals surface area contributed by atoms with Crippen molar-refractivity contribution in [2.45, 2.75) is 18.9 Å². The molecule has 0 saturated carbocycles. The highest BCUT2D eigenvalue weighted by atomic mass is 19.1. The fourth-order valence-electron chi connectivity index (χ4n) is 4.70. The number of piperidine rings is 1. The van der Waals surface area contributed by atoms with E-state index in [4.69, 9.17) is 5.73 Å². The molecule has 172 valence electrons. The predicted octanol–water partition coefficient (Wildman–Crippen LogP) is 5.08. The number of benzene rings is 3. The number of fused-ring (bicyclic) bond motifs is 1. The van der Waals surface area contributed by atoms with Gasteiger partial charge in [0.1, 0.15) is 17.6 Å². The first-order chi connectivity index (χ1) is 17.0. The van der Waals surface area contributed by atoms with Crippen molar-refractivity contribution < 1.29 is 9.50 Å². The molecule has 4 aromatic rings. The second-order valence-electron chi connectivity index (χ2n) is 8.73. The normalized spacial score (nSPS) is 14.0. The maximum Gasteiger partial charge on any atom is 0.141 e. The second-order valence-corrected chi connectivity index (χ2v) is 8.73. The highest BCUT2D eigenvalue weighted by Crippen LogP contribution is 2.41. The van der Waals surface area contributed by atoms with Crippen LogP contribution in [0.15, 0.2) is 60.8 Å². The number of rotatable bonds is 3. The lowest BCUT2D eigenvalue weighted by Gasteiger charge is -2.34. The van der Waals surface area contributed by atoms with Gasteiger partial charge in [-0.15, -0.1) is 0 Å². The molecule has 0 bridgehead atoms. The molecule has 35 heavy (non-hydrogen) atoms. The van der Waals surface area contributed by atoms with Gasteiger partial charge in [-0.25, -0.2) is 4.39 Å². The van der Waals surface area contributed by atoms with E-state index in [-0.39, 0.29) is 22.9 Å². The van der Waals surface area contributed by atoms with Gasteiger partial charge in [-0.3, -0.25) is 4.98 Å². The Bertz CT molecular complexity index is 1530. The van der Waals surface area contributed by atoms with Gasteiger partial charge in [-0.2, -0.15) is 10.5 Å². The summed E-state index contributed by atoms with van der Waals surface area (Å²) >= 11 is 0. The van der Waals surface area contributed by atoms with Crippen LogP contribution in [-0.2, 0) is 0 Å². The van der Waals surface area contributed by atoms with Gasteiger partial charge in [0.25, 0.3) is 0 Å². The first-order valence-corrected chi connectivity index (χ1v) is 11.4. The van der Waals surface area contributed by atoms with Crippen LogP contribution in [0, 0.1) is 28.5 Å². The smallest absolute Gasteiger partial charge is 0.141 e. The third-order valence-electron chi connectivity index (χ3n) is 6.50. The first-order valence-electron chi connectivity index (χ1n) is 11.4. The Morgan fingerprint density at radius 2 is 1.77 bits per heavy atom. The Labute approximate surface area is 202 Å². The lowest BCUT2D eigenvalue weighted by molar-refractivity contribution is 0.475. The SMILES string of the molecule is N#Cc1cc(F)cc(-c2cnc3ccc(-c4cccc(C#N)c4O)cc3c2N2CCC(N)CC2)c1. The van der Waals surface area contributed by atoms with Gasteiger partial charge < -0.3 is 15.7 Å². The number of nitrogens with two attached hydrogens (primary N) is 1. The van der Waals surface area contributed by atoms with E-state index < -0.39 is 5.82 Å². The monoisotopic (exact) mass is 463 g/mol. The summed E-state index contributed by atoms with van der Waals surface area (Å²) in [7, 11) is 0. The molecule has 0 aliphatic carbocycles. The van der Waals surface area contributed by atoms with E-state index in [1.807, 2.05) is 30.3 Å². The molecule has 7 heteroatoms. The van der Waals surface area contributed by atoms with Gasteiger partial charge in [0.05, 0.1) is 28.4 Å². The van der Waals surface area contributed by atoms with Crippen molar-refractivity contribution in [2.24, 2.45) is 5.73 Å². The molecule has 3 N–H and O–H groups in total. The number of aromatic nitrogens is 1. The fourth-order valence-corrected chi connectivity index (χ4v) is 4.70. The van der Waals surface area contributed by atoms with Crippen molar-refractivity contribution in [3.63, 3.8) is 0 Å². The number of pyridine rings is 1. The highest BCUT2D eigenvalue weighted by molar-refractivity contribution is 6.02. The number of hydrogen-bond donors (Lipinski definition) is 2. The summed E-state index contributed by atoms with van der Waals surface area (Å²) in [5.74, 6) is -0.564. The van der Waals surface area contributed by atoms with Gasteiger partial charge in [0.15, 0.2) is 0 Å². The molecule has 5 rings (SSSR count). The molecule has 0 atom stereocenters. The lowest BCUT2D eigenvalue weighted by Crippen LogP contribution is -2.40. The van der Waals surface area contributed by atoms with Crippen LogP contribution in [0.4, 0.5) is 10.1 Å². The topological polar surface area (TPSA) is 110 Å². The minimum absolute atomic E-state index is 0.0762. The average Bonchev–Trinajstić information content (AvgIpc) is 2.88. The van der Waals surface area contributed by atoms with E-state index in [2.05, 4.69) is 9.88 Å². The highest BCUT2D eigenvalue weighted by Gasteiger charge is 2.23. The van der Waals surface area contributed by atoms with E-state index in [0.717, 1.165) is 53.6 Å². The van der Waals surface area contributed by atoms with E-state index in [9.17, 15) is 20.0 Å². The van der Waals surface area contributed by atoms with Crippen LogP contribution in [0.3, 0.4) is 0 Å². The maximum absolute atomic E-state index is 14.4. The Morgan fingerprint density at radius 1 is 0.971 bits per heavy atom. The maximum atomic E-state index is 14.4. The van der Waals surface area contributed by atoms with Crippen LogP contribution in [0.1, 0.15) is 24.0 Å². The number of para-hydroxylation sites is 1. The van der Waals surface area contributed by atoms with Gasteiger partial charge in [0.2, 0.25) is 0 Å². The second kappa shape index (κ2) is 9.06. The molecule has 0 radical (unpaired) electrons. The van der Waals surface area contributed by atoms with E-state index in [1.165, 1.54) is 12.1 Å². The molecule has 1 aliphatic rings. The number of anilines is 1. The van der Waals surface area contributed by atoms with Crippen LogP contribution >= 0.6 is 0 Å². The summed E-state index contributed by atoms with van der Waals surface area (Å²) in [4.78, 5) is 6.86. The van der Waals surface area contributed by atoms with Crippen molar-refractivity contribution in [2.75, 3.05) is 18.0 Å². The first kappa shape index (κ1) is 22.3. The zero-order valence-corrected chi connectivity index (χ0v) is 18.9. The van der Waals surface area contributed by atoms with Gasteiger partial charge in [-0.05, 0) is 60.4 Å². The number of halogens is 1. The summed E-state index contributed by atoms with van der Waals surface area (Å²) in [5, 5.41) is 30.2. The largest absolute Gasteiger partial charge is 0.506 e. The lowest BCUT2D eigenvalue weighted by atomic mass is 9.95. The summed E-state index contributed by atoms with van der Waals surface area (Å²) in [6.45, 7) is 1.46. The third kappa shape index (κ3) is 4.14. The number of phenolic OH excluding ortho intramolecular Hbond substituents is 1. The fraction of sp³-hybridized carbons (Fsp3) is 0.179. The molecule has 2 heterocycles. The van der Waals surface area contributed by atoms with Gasteiger partial charge in [0, 0.05) is 41.8 Å². The quantitative estimate of drug-likeness (QED) is 0.438. The van der Waals surface area contributed by atoms with Crippen molar-refractivity contribution in [3.05, 3.63) is 77.7 Å². The molecule has 6 nitrogen and oxygen atoms in total. The number of nitrogens with zero attached hydrogens (tertiary/aromatic N) is 4. The molecule has 0 amide bonds. The number of nitriles is 2. The van der Waals surface area contributed by atoms with Crippen LogP contribution in [0.5, 0.6) is 5.75 Å². The van der Waals surface area contributed by atoms with Crippen molar-refractivity contribution in [1.82, 2.24) is 4.98 Å². The number of aromatic hydroxyl groups is 1. The standard InChI is InChI=1S/C28H22FN5O/c29-21-11-17(14-30)10-20(12-21)25-16-33-26-5-4-18(23-3-1-2-19(15-31)28(23)35)13-24(26)27(25)34-8-6-22(32)7-9-34/h1-5,10-13,16,22,35H,6-9,32H2. The van der Waals surface area contributed by atoms with Gasteiger partial charge in [-0.1, -0.05) is 18.2 Å². The predicted molar refractivity (Wildman–Crippen MR) is 133 cm³/mol. The van der Waals surface area contributed by atoms with Crippen LogP contribution < -0.4 is 10.6 Å². The summed E-state index contributed by atoms with van der Waals surface area (Å²) in [6.07, 6.45) is 3.36. The van der Waals surface area contributed by atoms with Gasteiger partial charge >= 0.3 is 0 Å².